The van der Waals surface area contributed by atoms with Crippen LogP contribution in [0, 0.1) is 10.1 Å². The number of nitro groups is 1. The number of carboxylic acids is 1. The van der Waals surface area contributed by atoms with Gasteiger partial charge in [-0.2, -0.15) is 0 Å². The van der Waals surface area contributed by atoms with Crippen molar-refractivity contribution in [1.82, 2.24) is 0 Å². The number of non-ortho nitro benzene ring substituents is 1. The van der Waals surface area contributed by atoms with Gasteiger partial charge in [-0.1, -0.05) is 0 Å². The summed E-state index contributed by atoms with van der Waals surface area (Å²) in [5.74, 6) is -0.869. The number of hydrogen-bond acceptors (Lipinski definition) is 4. The molecule has 0 saturated carbocycles. The van der Waals surface area contributed by atoms with E-state index < -0.39 is 10.9 Å². The first-order valence-corrected chi connectivity index (χ1v) is 6.15. The Labute approximate surface area is 112 Å². The Bertz CT molecular complexity index is 464. The maximum absolute atomic E-state index is 10.6. The van der Waals surface area contributed by atoms with Crippen LogP contribution in [0.4, 0.5) is 11.4 Å². The minimum absolute atomic E-state index is 0.0000809. The highest BCUT2D eigenvalue weighted by molar-refractivity contribution is 9.10. The van der Waals surface area contributed by atoms with Crippen molar-refractivity contribution in [3.63, 3.8) is 0 Å². The largest absolute Gasteiger partial charge is 0.481 e. The highest BCUT2D eigenvalue weighted by Gasteiger charge is 2.14. The Morgan fingerprint density at radius 1 is 1.56 bits per heavy atom. The summed E-state index contributed by atoms with van der Waals surface area (Å²) >= 11 is 3.27. The molecule has 0 radical (unpaired) electrons. The van der Waals surface area contributed by atoms with Crippen molar-refractivity contribution in [3.8, 4) is 0 Å². The first-order valence-electron chi connectivity index (χ1n) is 5.36. The molecule has 1 aromatic carbocycles. The van der Waals surface area contributed by atoms with E-state index >= 15 is 0 Å². The highest BCUT2D eigenvalue weighted by Crippen LogP contribution is 2.30. The van der Waals surface area contributed by atoms with Crippen LogP contribution in [0.5, 0.6) is 0 Å². The molecule has 6 nitrogen and oxygen atoms in total. The van der Waals surface area contributed by atoms with Crippen molar-refractivity contribution in [3.05, 3.63) is 32.8 Å². The molecule has 0 spiro atoms. The minimum Gasteiger partial charge on any atom is -0.481 e. The fourth-order valence-electron chi connectivity index (χ4n) is 1.55. The number of carboxylic acid groups (broad SMARTS) is 1. The van der Waals surface area contributed by atoms with Crippen molar-refractivity contribution >= 4 is 33.3 Å². The van der Waals surface area contributed by atoms with Crippen LogP contribution < -0.4 is 4.90 Å². The van der Waals surface area contributed by atoms with Crippen LogP contribution in [0.3, 0.4) is 0 Å². The van der Waals surface area contributed by atoms with E-state index in [9.17, 15) is 14.9 Å². The zero-order chi connectivity index (χ0) is 13.7. The predicted octanol–water partition coefficient (Wildman–Crippen LogP) is 2.66. The molecule has 0 fully saturated rings. The van der Waals surface area contributed by atoms with Gasteiger partial charge in [0.15, 0.2) is 0 Å². The summed E-state index contributed by atoms with van der Waals surface area (Å²) in [5.41, 5.74) is 0.754. The molecule has 0 unspecified atom stereocenters. The lowest BCUT2D eigenvalue weighted by Crippen LogP contribution is -2.26. The molecular weight excluding hydrogens is 304 g/mol. The van der Waals surface area contributed by atoms with Gasteiger partial charge in [-0.3, -0.25) is 14.9 Å². The number of nitro benzene ring substituents is 1. The lowest BCUT2D eigenvalue weighted by molar-refractivity contribution is -0.384. The van der Waals surface area contributed by atoms with Crippen LogP contribution in [-0.4, -0.2) is 29.1 Å². The van der Waals surface area contributed by atoms with Gasteiger partial charge in [-0.25, -0.2) is 0 Å². The van der Waals surface area contributed by atoms with Gasteiger partial charge in [0.2, 0.25) is 0 Å². The van der Waals surface area contributed by atoms with Crippen LogP contribution >= 0.6 is 15.9 Å². The predicted molar refractivity (Wildman–Crippen MR) is 70.9 cm³/mol. The summed E-state index contributed by atoms with van der Waals surface area (Å²) in [4.78, 5) is 22.5. The maximum atomic E-state index is 10.6. The molecule has 1 aromatic rings. The number of halogens is 1. The number of carbonyl (C=O) groups is 1. The molecule has 98 valence electrons. The zero-order valence-electron chi connectivity index (χ0n) is 9.80. The lowest BCUT2D eigenvalue weighted by Gasteiger charge is -2.23. The molecule has 0 aliphatic carbocycles. The molecular formula is C11H13BrN2O4. The topological polar surface area (TPSA) is 83.7 Å². The molecule has 0 atom stereocenters. The Morgan fingerprint density at radius 3 is 2.67 bits per heavy atom. The number of rotatable bonds is 6. The van der Waals surface area contributed by atoms with Crippen LogP contribution in [0.15, 0.2) is 22.7 Å². The van der Waals surface area contributed by atoms with Gasteiger partial charge < -0.3 is 10.0 Å². The van der Waals surface area contributed by atoms with Gasteiger partial charge in [-0.15, -0.1) is 0 Å². The lowest BCUT2D eigenvalue weighted by atomic mass is 10.2. The number of hydrogen-bond donors (Lipinski definition) is 1. The molecule has 1 N–H and O–H groups in total. The first-order chi connectivity index (χ1) is 8.45. The summed E-state index contributed by atoms with van der Waals surface area (Å²) < 4.78 is 0.587. The third kappa shape index (κ3) is 3.69. The van der Waals surface area contributed by atoms with Gasteiger partial charge in [0.1, 0.15) is 0 Å². The molecule has 0 aliphatic heterocycles. The normalized spacial score (nSPS) is 10.1. The highest BCUT2D eigenvalue weighted by atomic mass is 79.9. The minimum atomic E-state index is -0.869. The van der Waals surface area contributed by atoms with Gasteiger partial charge in [0.05, 0.1) is 17.0 Å². The first kappa shape index (κ1) is 14.4. The van der Waals surface area contributed by atoms with E-state index in [1.807, 2.05) is 11.8 Å². The Hall–Kier alpha value is -1.63. The van der Waals surface area contributed by atoms with E-state index in [0.29, 0.717) is 17.6 Å². The SMILES string of the molecule is CCN(CCC(=O)O)c1ccc([N+](=O)[O-])cc1Br. The molecule has 1 rings (SSSR count). The molecule has 7 heteroatoms. The smallest absolute Gasteiger partial charge is 0.305 e. The average molecular weight is 317 g/mol. The van der Waals surface area contributed by atoms with Crippen molar-refractivity contribution in [2.24, 2.45) is 0 Å². The average Bonchev–Trinajstić information content (AvgIpc) is 2.30. The quantitative estimate of drug-likeness (QED) is 0.644. The molecule has 0 bridgehead atoms. The van der Waals surface area contributed by atoms with E-state index in [2.05, 4.69) is 15.9 Å². The fraction of sp³-hybridized carbons (Fsp3) is 0.364. The Kier molecular flexibility index (Phi) is 5.08. The number of nitrogens with zero attached hydrogens (tertiary/aromatic N) is 2. The summed E-state index contributed by atoms with van der Waals surface area (Å²) in [6.45, 7) is 2.89. The third-order valence-corrected chi connectivity index (χ3v) is 3.10. The van der Waals surface area contributed by atoms with Crippen molar-refractivity contribution in [1.29, 1.82) is 0 Å². The second kappa shape index (κ2) is 6.34. The summed E-state index contributed by atoms with van der Waals surface area (Å²) in [7, 11) is 0. The van der Waals surface area contributed by atoms with Crippen molar-refractivity contribution in [2.45, 2.75) is 13.3 Å². The Balaban J connectivity index is 2.92. The molecule has 0 saturated heterocycles. The summed E-state index contributed by atoms with van der Waals surface area (Å²) in [6.07, 6.45) is 0.0251. The second-order valence-electron chi connectivity index (χ2n) is 3.62. The van der Waals surface area contributed by atoms with Gasteiger partial charge in [0, 0.05) is 29.7 Å². The summed E-state index contributed by atoms with van der Waals surface area (Å²) in [6, 6.07) is 4.44. The second-order valence-corrected chi connectivity index (χ2v) is 4.47. The van der Waals surface area contributed by atoms with Crippen LogP contribution in [0.1, 0.15) is 13.3 Å². The monoisotopic (exact) mass is 316 g/mol. The van der Waals surface area contributed by atoms with E-state index in [0.717, 1.165) is 5.69 Å². The number of benzene rings is 1. The molecule has 18 heavy (non-hydrogen) atoms. The van der Waals surface area contributed by atoms with E-state index in [1.54, 1.807) is 6.07 Å². The van der Waals surface area contributed by atoms with E-state index in [-0.39, 0.29) is 12.1 Å². The summed E-state index contributed by atoms with van der Waals surface area (Å²) in [5, 5.41) is 19.3. The maximum Gasteiger partial charge on any atom is 0.305 e. The van der Waals surface area contributed by atoms with Gasteiger partial charge >= 0.3 is 5.97 Å². The van der Waals surface area contributed by atoms with Gasteiger partial charge in [-0.05, 0) is 28.9 Å². The fourth-order valence-corrected chi connectivity index (χ4v) is 2.16. The standard InChI is InChI=1S/C11H13BrN2O4/c1-2-13(6-5-11(15)16)10-4-3-8(14(17)18)7-9(10)12/h3-4,7H,2,5-6H2,1H3,(H,15,16). The van der Waals surface area contributed by atoms with Crippen molar-refractivity contribution in [2.75, 3.05) is 18.0 Å². The molecule has 0 amide bonds. The van der Waals surface area contributed by atoms with E-state index in [4.69, 9.17) is 5.11 Å². The van der Waals surface area contributed by atoms with Crippen LogP contribution in [0.25, 0.3) is 0 Å². The molecule has 0 aromatic heterocycles. The molecule has 0 heterocycles. The Morgan fingerprint density at radius 2 is 2.22 bits per heavy atom. The van der Waals surface area contributed by atoms with Gasteiger partial charge in [0.25, 0.3) is 5.69 Å². The molecule has 0 aliphatic rings. The van der Waals surface area contributed by atoms with Crippen LogP contribution in [-0.2, 0) is 4.79 Å². The number of anilines is 1. The van der Waals surface area contributed by atoms with E-state index in [1.165, 1.54) is 12.1 Å². The number of aliphatic carboxylic acids is 1. The van der Waals surface area contributed by atoms with Crippen molar-refractivity contribution < 1.29 is 14.8 Å². The van der Waals surface area contributed by atoms with Crippen LogP contribution in [0.2, 0.25) is 0 Å². The third-order valence-electron chi connectivity index (χ3n) is 2.46. The zero-order valence-corrected chi connectivity index (χ0v) is 11.4.